The zero-order chi connectivity index (χ0) is 65.2. The minimum Gasteiger partial charge on any atom is -0.494 e. The van der Waals surface area contributed by atoms with Crippen LogP contribution in [0.5, 0.6) is 46.0 Å². The first kappa shape index (κ1) is 72.3. The van der Waals surface area contributed by atoms with Crippen LogP contribution >= 0.6 is 0 Å². The molecule has 0 saturated carbocycles. The van der Waals surface area contributed by atoms with Crippen molar-refractivity contribution in [1.82, 2.24) is 0 Å². The Labute approximate surface area is 542 Å². The van der Waals surface area contributed by atoms with Crippen LogP contribution in [0.3, 0.4) is 0 Å². The fraction of sp³-hybridized carbons (Fsp3) is 0.541. The Morgan fingerprint density at radius 2 is 0.652 bits per heavy atom. The smallest absolute Gasteiger partial charge is 0.346 e. The number of benzene rings is 5. The molecular formula is C74H96F2O16. The van der Waals surface area contributed by atoms with E-state index in [0.717, 1.165) is 192 Å². The molecule has 0 unspecified atom stereocenters. The van der Waals surface area contributed by atoms with Gasteiger partial charge in [0.2, 0.25) is 0 Å². The number of esters is 4. The van der Waals surface area contributed by atoms with Gasteiger partial charge in [0.05, 0.1) is 88.3 Å². The van der Waals surface area contributed by atoms with Crippen LogP contribution in [0.1, 0.15) is 210 Å². The Morgan fingerprint density at radius 3 is 0.957 bits per heavy atom. The minimum atomic E-state index is -1.23. The first-order valence-corrected chi connectivity index (χ1v) is 33.5. The van der Waals surface area contributed by atoms with Gasteiger partial charge >= 0.3 is 23.9 Å². The molecule has 0 aliphatic carbocycles. The second kappa shape index (κ2) is 39.4. The maximum atomic E-state index is 15.9. The van der Waals surface area contributed by atoms with Gasteiger partial charge in [0, 0.05) is 48.3 Å². The fourth-order valence-corrected chi connectivity index (χ4v) is 10.3. The molecule has 502 valence electrons. The standard InChI is InChI=1S/C74H96F2O16/c1-5-9-11-13-15-23-43-87-59-35-37-61(63(75)45-59)71(79)91-67-47-66(90-70(78)56-29-33-58(34-30-56)86-42-26-20-18-22-40-82-50-74(8-4)53-84-54-74)68(92-72(80)62-38-36-60(46-64(62)76)88-44-24-16-14-12-10-6-2)48-65(67)89-69(77)55-27-31-57(32-28-55)85-41-25-19-17-21-39-81-49-73(7-3)51-83-52-73/h27-38,45-48H,5-26,39-44,49-54H2,1-4H3. The third-order valence-corrected chi connectivity index (χ3v) is 16.7. The molecule has 0 amide bonds. The van der Waals surface area contributed by atoms with E-state index in [1.54, 1.807) is 24.3 Å². The Morgan fingerprint density at radius 1 is 0.359 bits per heavy atom. The van der Waals surface area contributed by atoms with Crippen molar-refractivity contribution in [2.45, 2.75) is 169 Å². The molecule has 0 bridgehead atoms. The first-order chi connectivity index (χ1) is 44.9. The molecule has 0 radical (unpaired) electrons. The van der Waals surface area contributed by atoms with Gasteiger partial charge < -0.3 is 56.8 Å². The van der Waals surface area contributed by atoms with Crippen LogP contribution in [0.4, 0.5) is 8.78 Å². The highest BCUT2D eigenvalue weighted by molar-refractivity contribution is 5.96. The van der Waals surface area contributed by atoms with Gasteiger partial charge in [-0.3, -0.25) is 0 Å². The maximum absolute atomic E-state index is 15.9. The minimum absolute atomic E-state index is 0.0409. The van der Waals surface area contributed by atoms with E-state index in [-0.39, 0.29) is 33.5 Å². The number of hydrogen-bond acceptors (Lipinski definition) is 16. The van der Waals surface area contributed by atoms with Crippen molar-refractivity contribution in [2.75, 3.05) is 79.3 Å². The topological polar surface area (TPSA) is 179 Å². The molecule has 92 heavy (non-hydrogen) atoms. The van der Waals surface area contributed by atoms with E-state index in [2.05, 4.69) is 27.7 Å². The summed E-state index contributed by atoms with van der Waals surface area (Å²) >= 11 is 0. The fourth-order valence-electron chi connectivity index (χ4n) is 10.3. The molecule has 2 aliphatic rings. The van der Waals surface area contributed by atoms with Crippen LogP contribution in [0.25, 0.3) is 0 Å². The van der Waals surface area contributed by atoms with E-state index < -0.39 is 69.6 Å². The Bertz CT molecular complexity index is 2820. The number of carbonyl (C=O) groups is 4. The number of carbonyl (C=O) groups excluding carboxylic acids is 4. The lowest BCUT2D eigenvalue weighted by atomic mass is 9.84. The maximum Gasteiger partial charge on any atom is 0.346 e. The Balaban J connectivity index is 1.07. The summed E-state index contributed by atoms with van der Waals surface area (Å²) < 4.78 is 101. The van der Waals surface area contributed by atoms with Crippen LogP contribution in [0, 0.1) is 22.5 Å². The number of unbranched alkanes of at least 4 members (excludes halogenated alkanes) is 16. The number of hydrogen-bond donors (Lipinski definition) is 0. The van der Waals surface area contributed by atoms with Crippen molar-refractivity contribution in [3.05, 3.63) is 131 Å². The first-order valence-electron chi connectivity index (χ1n) is 33.5. The largest absolute Gasteiger partial charge is 0.494 e. The van der Waals surface area contributed by atoms with Crippen molar-refractivity contribution in [3.63, 3.8) is 0 Å². The summed E-state index contributed by atoms with van der Waals surface area (Å²) in [5.41, 5.74) is -0.606. The molecular weight excluding hydrogens is 1180 g/mol. The molecule has 2 aliphatic heterocycles. The van der Waals surface area contributed by atoms with Gasteiger partial charge in [-0.25, -0.2) is 28.0 Å². The molecule has 7 rings (SSSR count). The third kappa shape index (κ3) is 23.8. The number of ether oxygens (including phenoxy) is 12. The van der Waals surface area contributed by atoms with E-state index in [4.69, 9.17) is 56.8 Å². The molecule has 0 aromatic heterocycles. The SMILES string of the molecule is CCCCCCCCOc1ccc(C(=O)Oc2cc(OC(=O)c3ccc(OCCCCCCOCC4(CC)COC4)cc3)c(OC(=O)c3ccc(OCCCCCCCC)cc3F)cc2OC(=O)c2ccc(OCCCCCCOCC3(CC)COC3)cc2)c(F)c1. The second-order valence-corrected chi connectivity index (χ2v) is 24.2. The summed E-state index contributed by atoms with van der Waals surface area (Å²) in [4.78, 5) is 56.2. The predicted octanol–water partition coefficient (Wildman–Crippen LogP) is 17.1. The van der Waals surface area contributed by atoms with Gasteiger partial charge in [-0.15, -0.1) is 0 Å². The van der Waals surface area contributed by atoms with Crippen molar-refractivity contribution in [3.8, 4) is 46.0 Å². The monoisotopic (exact) mass is 1280 g/mol. The quantitative estimate of drug-likeness (QED) is 0.0204. The van der Waals surface area contributed by atoms with Crippen molar-refractivity contribution < 1.29 is 84.8 Å². The van der Waals surface area contributed by atoms with E-state index >= 15 is 8.78 Å². The Kier molecular flexibility index (Phi) is 31.0. The van der Waals surface area contributed by atoms with Gasteiger partial charge in [0.25, 0.3) is 0 Å². The predicted molar refractivity (Wildman–Crippen MR) is 346 cm³/mol. The van der Waals surface area contributed by atoms with Crippen molar-refractivity contribution in [2.24, 2.45) is 10.8 Å². The highest BCUT2D eigenvalue weighted by Gasteiger charge is 2.38. The lowest BCUT2D eigenvalue weighted by molar-refractivity contribution is -0.150. The van der Waals surface area contributed by atoms with Gasteiger partial charge in [0.15, 0.2) is 23.0 Å². The molecule has 0 spiro atoms. The van der Waals surface area contributed by atoms with Gasteiger partial charge in [0.1, 0.15) is 34.6 Å². The summed E-state index contributed by atoms with van der Waals surface area (Å²) in [6.07, 6.45) is 21.8. The summed E-state index contributed by atoms with van der Waals surface area (Å²) in [6, 6.07) is 21.7. The average molecular weight is 1280 g/mol. The van der Waals surface area contributed by atoms with Gasteiger partial charge in [-0.2, -0.15) is 0 Å². The normalized spacial score (nSPS) is 13.7. The summed E-state index contributed by atoms with van der Waals surface area (Å²) in [6.45, 7) is 16.1. The number of rotatable bonds is 46. The average Bonchev–Trinajstić information content (AvgIpc) is 0.959. The van der Waals surface area contributed by atoms with E-state index in [9.17, 15) is 19.2 Å². The van der Waals surface area contributed by atoms with E-state index in [1.165, 1.54) is 48.5 Å². The molecule has 2 saturated heterocycles. The van der Waals surface area contributed by atoms with Crippen LogP contribution in [-0.2, 0) is 18.9 Å². The van der Waals surface area contributed by atoms with E-state index in [1.807, 2.05) is 0 Å². The lowest BCUT2D eigenvalue weighted by Gasteiger charge is -2.40. The summed E-state index contributed by atoms with van der Waals surface area (Å²) in [7, 11) is 0. The zero-order valence-electron chi connectivity index (χ0n) is 54.6. The summed E-state index contributed by atoms with van der Waals surface area (Å²) in [5, 5.41) is 0. The van der Waals surface area contributed by atoms with Crippen LogP contribution < -0.4 is 37.9 Å². The molecule has 2 fully saturated rings. The number of halogens is 2. The Hall–Kier alpha value is -7.12. The molecule has 16 nitrogen and oxygen atoms in total. The second-order valence-electron chi connectivity index (χ2n) is 24.2. The van der Waals surface area contributed by atoms with Gasteiger partial charge in [-0.1, -0.05) is 105 Å². The van der Waals surface area contributed by atoms with Crippen molar-refractivity contribution >= 4 is 23.9 Å². The van der Waals surface area contributed by atoms with E-state index in [0.29, 0.717) is 64.4 Å². The molecule has 0 N–H and O–H groups in total. The molecule has 18 heteroatoms. The van der Waals surface area contributed by atoms with Gasteiger partial charge in [-0.05, 0) is 137 Å². The van der Waals surface area contributed by atoms with Crippen LogP contribution in [-0.4, -0.2) is 103 Å². The molecule has 5 aromatic carbocycles. The van der Waals surface area contributed by atoms with Crippen LogP contribution in [0.2, 0.25) is 0 Å². The third-order valence-electron chi connectivity index (χ3n) is 16.7. The highest BCUT2D eigenvalue weighted by Crippen LogP contribution is 2.42. The molecule has 0 atom stereocenters. The van der Waals surface area contributed by atoms with Crippen molar-refractivity contribution in [1.29, 1.82) is 0 Å². The molecule has 5 aromatic rings. The molecule has 2 heterocycles. The highest BCUT2D eigenvalue weighted by atomic mass is 19.1. The zero-order valence-corrected chi connectivity index (χ0v) is 54.6. The summed E-state index contributed by atoms with van der Waals surface area (Å²) in [5.74, 6) is -7.00. The van der Waals surface area contributed by atoms with Crippen LogP contribution in [0.15, 0.2) is 97.1 Å². The lowest BCUT2D eigenvalue weighted by Crippen LogP contribution is -2.45.